The van der Waals surface area contributed by atoms with Crippen LogP contribution in [0.3, 0.4) is 0 Å². The lowest BCUT2D eigenvalue weighted by Crippen LogP contribution is -2.34. The van der Waals surface area contributed by atoms with Gasteiger partial charge in [0.2, 0.25) is 0 Å². The molecule has 0 aliphatic rings. The molecule has 6 heteroatoms. The van der Waals surface area contributed by atoms with Crippen LogP contribution in [0.4, 0.5) is 0 Å². The number of hydrogen-bond donors (Lipinski definition) is 1. The summed E-state index contributed by atoms with van der Waals surface area (Å²) in [7, 11) is 3.33. The Morgan fingerprint density at radius 1 is 0.455 bits per heavy atom. The van der Waals surface area contributed by atoms with Gasteiger partial charge in [-0.3, -0.25) is 0 Å². The Balaban J connectivity index is 1.07. The Kier molecular flexibility index (Phi) is 13.9. The number of hydrogen-bond acceptors (Lipinski definition) is 6. The third kappa shape index (κ3) is 10.5. The number of benzene rings is 6. The second-order valence-corrected chi connectivity index (χ2v) is 12.7. The fourth-order valence-electron chi connectivity index (χ4n) is 6.10. The van der Waals surface area contributed by atoms with Gasteiger partial charge in [0.1, 0.15) is 17.1 Å². The molecule has 0 aliphatic heterocycles. The highest BCUT2D eigenvalue weighted by molar-refractivity contribution is 5.51. The highest BCUT2D eigenvalue weighted by atomic mass is 16.5. The molecule has 0 spiro atoms. The van der Waals surface area contributed by atoms with E-state index in [4.69, 9.17) is 28.8 Å². The van der Waals surface area contributed by atoms with Gasteiger partial charge in [-0.05, 0) is 94.5 Å². The van der Waals surface area contributed by atoms with Crippen molar-refractivity contribution in [1.82, 2.24) is 0 Å². The molecule has 276 valence electrons. The van der Waals surface area contributed by atoms with Gasteiger partial charge in [-0.25, -0.2) is 0 Å². The molecule has 0 saturated heterocycles. The van der Waals surface area contributed by atoms with Gasteiger partial charge >= 0.3 is 0 Å². The van der Waals surface area contributed by atoms with Gasteiger partial charge in [0, 0.05) is 22.3 Å². The van der Waals surface area contributed by atoms with Gasteiger partial charge in [0.05, 0.1) is 53.9 Å². The van der Waals surface area contributed by atoms with E-state index in [1.807, 2.05) is 140 Å². The largest absolute Gasteiger partial charge is 0.497 e. The highest BCUT2D eigenvalue weighted by Gasteiger charge is 2.37. The topological polar surface area (TPSA) is 66.4 Å². The molecule has 0 atom stereocenters. The maximum Gasteiger partial charge on any atom is 0.143 e. The molecule has 0 unspecified atom stereocenters. The van der Waals surface area contributed by atoms with E-state index in [2.05, 4.69) is 35.8 Å². The van der Waals surface area contributed by atoms with Gasteiger partial charge < -0.3 is 28.8 Å². The van der Waals surface area contributed by atoms with Crippen LogP contribution < -0.4 is 9.47 Å². The molecule has 0 bridgehead atoms. The number of aliphatic hydroxyl groups is 1. The lowest BCUT2D eigenvalue weighted by atomic mass is 9.80. The minimum Gasteiger partial charge on any atom is -0.497 e. The first kappa shape index (κ1) is 38.6. The molecule has 6 rings (SSSR count). The zero-order valence-corrected chi connectivity index (χ0v) is 31.2. The fraction of sp³-hybridized carbons (Fsp3) is 0.184. The van der Waals surface area contributed by atoms with E-state index in [-0.39, 0.29) is 6.61 Å². The lowest BCUT2D eigenvalue weighted by molar-refractivity contribution is -0.0270. The predicted molar refractivity (Wildman–Crippen MR) is 216 cm³/mol. The van der Waals surface area contributed by atoms with Crippen molar-refractivity contribution in [2.45, 2.75) is 18.8 Å². The van der Waals surface area contributed by atoms with Crippen molar-refractivity contribution >= 4 is 0 Å². The molecule has 0 aliphatic carbocycles. The quantitative estimate of drug-likeness (QED) is 0.0650. The Morgan fingerprint density at radius 2 is 0.909 bits per heavy atom. The SMILES string of the molecule is COc1ccc(C(OCCOCc2ccc(C#Cc3cccc(C#Cc4ccc(COCCO)cc4)c3)cc2)(c2ccccc2)c2ccc(OC)cc2)cc1. The first-order valence-electron chi connectivity index (χ1n) is 18.2. The normalized spacial score (nSPS) is 10.8. The summed E-state index contributed by atoms with van der Waals surface area (Å²) in [5.41, 5.74) is 7.78. The first-order valence-corrected chi connectivity index (χ1v) is 18.2. The average Bonchev–Trinajstić information content (AvgIpc) is 3.25. The number of aliphatic hydroxyl groups excluding tert-OH is 1. The minimum atomic E-state index is -0.889. The van der Waals surface area contributed by atoms with E-state index in [0.717, 1.165) is 61.6 Å². The van der Waals surface area contributed by atoms with E-state index < -0.39 is 5.60 Å². The first-order chi connectivity index (χ1) is 27.1. The smallest absolute Gasteiger partial charge is 0.143 e. The van der Waals surface area contributed by atoms with Gasteiger partial charge in [-0.15, -0.1) is 0 Å². The Morgan fingerprint density at radius 3 is 1.38 bits per heavy atom. The summed E-state index contributed by atoms with van der Waals surface area (Å²) in [5.74, 6) is 14.5. The summed E-state index contributed by atoms with van der Waals surface area (Å²) < 4.78 is 29.3. The summed E-state index contributed by atoms with van der Waals surface area (Å²) in [6, 6.07) is 50.2. The Hall–Kier alpha value is -6.12. The van der Waals surface area contributed by atoms with Crippen molar-refractivity contribution in [3.63, 3.8) is 0 Å². The zero-order chi connectivity index (χ0) is 38.1. The molecular weight excluding hydrogens is 685 g/mol. The molecule has 0 heterocycles. The van der Waals surface area contributed by atoms with Crippen molar-refractivity contribution in [3.8, 4) is 35.2 Å². The van der Waals surface area contributed by atoms with Gasteiger partial charge in [0.15, 0.2) is 0 Å². The number of ether oxygens (including phenoxy) is 5. The Labute approximate surface area is 324 Å². The lowest BCUT2D eigenvalue weighted by Gasteiger charge is -2.36. The van der Waals surface area contributed by atoms with E-state index in [1.165, 1.54) is 0 Å². The van der Waals surface area contributed by atoms with Gasteiger partial charge in [0.25, 0.3) is 0 Å². The van der Waals surface area contributed by atoms with Crippen LogP contribution in [0.2, 0.25) is 0 Å². The molecule has 6 aromatic rings. The van der Waals surface area contributed by atoms with Crippen LogP contribution in [0.25, 0.3) is 0 Å². The number of methoxy groups -OCH3 is 2. The molecule has 0 fully saturated rings. The second kappa shape index (κ2) is 19.8. The Bertz CT molecular complexity index is 2160. The summed E-state index contributed by atoms with van der Waals surface area (Å²) in [4.78, 5) is 0. The molecule has 1 N–H and O–H groups in total. The standard InChI is InChI=1S/C49H44O6/c1-51-47-27-23-45(24-28-47)49(44-9-4-3-5-10-44,46-25-29-48(52-2)30-26-46)55-34-33-54-37-43-21-15-39(16-22-43)12-18-41-8-6-7-40(35-41)17-11-38-13-19-42(20-14-38)36-53-32-31-50/h3-10,13-16,19-30,35,50H,31-34,36-37H2,1-2H3. The average molecular weight is 729 g/mol. The van der Waals surface area contributed by atoms with Gasteiger partial charge in [-0.2, -0.15) is 0 Å². The molecule has 55 heavy (non-hydrogen) atoms. The molecule has 6 aromatic carbocycles. The molecule has 0 amide bonds. The maximum absolute atomic E-state index is 8.87. The third-order valence-electron chi connectivity index (χ3n) is 8.97. The molecule has 0 aromatic heterocycles. The van der Waals surface area contributed by atoms with Crippen LogP contribution in [0.15, 0.2) is 152 Å². The van der Waals surface area contributed by atoms with Crippen molar-refractivity contribution < 1.29 is 28.8 Å². The number of rotatable bonds is 15. The van der Waals surface area contributed by atoms with Crippen molar-refractivity contribution in [2.75, 3.05) is 40.6 Å². The van der Waals surface area contributed by atoms with Crippen LogP contribution in [0.5, 0.6) is 11.5 Å². The van der Waals surface area contributed by atoms with E-state index >= 15 is 0 Å². The summed E-state index contributed by atoms with van der Waals surface area (Å²) in [6.45, 7) is 2.01. The van der Waals surface area contributed by atoms with Crippen LogP contribution >= 0.6 is 0 Å². The second-order valence-electron chi connectivity index (χ2n) is 12.7. The fourth-order valence-corrected chi connectivity index (χ4v) is 6.10. The minimum absolute atomic E-state index is 0.0182. The summed E-state index contributed by atoms with van der Waals surface area (Å²) >= 11 is 0. The summed E-state index contributed by atoms with van der Waals surface area (Å²) in [6.07, 6.45) is 0. The third-order valence-corrected chi connectivity index (χ3v) is 8.97. The summed E-state index contributed by atoms with van der Waals surface area (Å²) in [5, 5.41) is 8.87. The molecular formula is C49H44O6. The van der Waals surface area contributed by atoms with Crippen LogP contribution in [0.1, 0.15) is 50.1 Å². The highest BCUT2D eigenvalue weighted by Crippen LogP contribution is 2.41. The van der Waals surface area contributed by atoms with Crippen LogP contribution in [-0.2, 0) is 33.0 Å². The zero-order valence-electron chi connectivity index (χ0n) is 31.2. The van der Waals surface area contributed by atoms with Crippen molar-refractivity contribution in [1.29, 1.82) is 0 Å². The monoisotopic (exact) mass is 728 g/mol. The van der Waals surface area contributed by atoms with Crippen LogP contribution in [-0.4, -0.2) is 45.8 Å². The molecule has 0 radical (unpaired) electrons. The van der Waals surface area contributed by atoms with E-state index in [0.29, 0.717) is 33.0 Å². The van der Waals surface area contributed by atoms with Crippen LogP contribution in [0, 0.1) is 23.7 Å². The van der Waals surface area contributed by atoms with Crippen molar-refractivity contribution in [3.05, 3.63) is 202 Å². The van der Waals surface area contributed by atoms with Gasteiger partial charge in [-0.1, -0.05) is 109 Å². The maximum atomic E-state index is 8.87. The molecule has 0 saturated carbocycles. The van der Waals surface area contributed by atoms with Crippen molar-refractivity contribution in [2.24, 2.45) is 0 Å². The van der Waals surface area contributed by atoms with E-state index in [1.54, 1.807) is 14.2 Å². The predicted octanol–water partition coefficient (Wildman–Crippen LogP) is 8.54. The van der Waals surface area contributed by atoms with E-state index in [9.17, 15) is 0 Å². The molecule has 6 nitrogen and oxygen atoms in total.